The van der Waals surface area contributed by atoms with E-state index < -0.39 is 0 Å². The van der Waals surface area contributed by atoms with Crippen LogP contribution in [-0.2, 0) is 17.8 Å². The maximum atomic E-state index is 12.4. The van der Waals surface area contributed by atoms with Gasteiger partial charge < -0.3 is 10.1 Å². The summed E-state index contributed by atoms with van der Waals surface area (Å²) < 4.78 is 5.59. The molecule has 0 saturated carbocycles. The molecule has 0 spiro atoms. The zero-order valence-corrected chi connectivity index (χ0v) is 17.0. The van der Waals surface area contributed by atoms with Crippen molar-refractivity contribution < 1.29 is 9.53 Å². The van der Waals surface area contributed by atoms with Crippen molar-refractivity contribution in [1.82, 2.24) is 9.80 Å². The number of piperazine rings is 1. The zero-order chi connectivity index (χ0) is 19.5. The maximum absolute atomic E-state index is 12.4. The van der Waals surface area contributed by atoms with Crippen molar-refractivity contribution in [3.05, 3.63) is 58.1 Å². The molecular formula is C22H26ClN3O2. The predicted octanol–water partition coefficient (Wildman–Crippen LogP) is 3.34. The molecule has 0 aliphatic carbocycles. The Morgan fingerprint density at radius 2 is 1.93 bits per heavy atom. The van der Waals surface area contributed by atoms with Crippen LogP contribution in [0, 0.1) is 6.92 Å². The summed E-state index contributed by atoms with van der Waals surface area (Å²) in [6.07, 6.45) is 1.01. The first-order valence-corrected chi connectivity index (χ1v) is 10.2. The van der Waals surface area contributed by atoms with Crippen LogP contribution >= 0.6 is 11.6 Å². The maximum Gasteiger partial charge on any atom is 0.238 e. The Morgan fingerprint density at radius 3 is 2.75 bits per heavy atom. The van der Waals surface area contributed by atoms with E-state index in [-0.39, 0.29) is 5.91 Å². The molecular weight excluding hydrogens is 374 g/mol. The van der Waals surface area contributed by atoms with Crippen molar-refractivity contribution in [1.29, 1.82) is 0 Å². The Bertz CT molecular complexity index is 863. The molecule has 0 unspecified atom stereocenters. The molecule has 148 valence electrons. The Morgan fingerprint density at radius 1 is 1.14 bits per heavy atom. The number of nitrogens with zero attached hydrogens (tertiary/aromatic N) is 2. The van der Waals surface area contributed by atoms with Gasteiger partial charge in [-0.25, -0.2) is 0 Å². The molecule has 1 fully saturated rings. The predicted molar refractivity (Wildman–Crippen MR) is 112 cm³/mol. The van der Waals surface area contributed by atoms with E-state index >= 15 is 0 Å². The summed E-state index contributed by atoms with van der Waals surface area (Å²) in [5.41, 5.74) is 4.36. The van der Waals surface area contributed by atoms with Crippen molar-refractivity contribution in [2.45, 2.75) is 19.9 Å². The lowest BCUT2D eigenvalue weighted by atomic mass is 10.1. The Labute approximate surface area is 171 Å². The summed E-state index contributed by atoms with van der Waals surface area (Å²) in [4.78, 5) is 17.1. The zero-order valence-electron chi connectivity index (χ0n) is 16.2. The molecule has 1 N–H and O–H groups in total. The second-order valence-electron chi connectivity index (χ2n) is 7.55. The number of amides is 1. The van der Waals surface area contributed by atoms with Crippen molar-refractivity contribution >= 4 is 23.2 Å². The number of rotatable bonds is 5. The molecule has 5 nitrogen and oxygen atoms in total. The largest absolute Gasteiger partial charge is 0.493 e. The summed E-state index contributed by atoms with van der Waals surface area (Å²) in [6, 6.07) is 12.1. The number of halogens is 1. The van der Waals surface area contributed by atoms with Crippen LogP contribution in [0.5, 0.6) is 5.75 Å². The van der Waals surface area contributed by atoms with Crippen LogP contribution < -0.4 is 10.1 Å². The third kappa shape index (κ3) is 4.49. The fraction of sp³-hybridized carbons (Fsp3) is 0.409. The summed E-state index contributed by atoms with van der Waals surface area (Å²) in [5, 5.41) is 3.65. The highest BCUT2D eigenvalue weighted by atomic mass is 35.5. The lowest BCUT2D eigenvalue weighted by Gasteiger charge is -2.34. The summed E-state index contributed by atoms with van der Waals surface area (Å²) >= 11 is 6.13. The number of hydrogen-bond acceptors (Lipinski definition) is 4. The van der Waals surface area contributed by atoms with Gasteiger partial charge in [-0.05, 0) is 41.8 Å². The van der Waals surface area contributed by atoms with Gasteiger partial charge in [0.05, 0.1) is 13.2 Å². The molecule has 0 aromatic heterocycles. The molecule has 0 radical (unpaired) electrons. The van der Waals surface area contributed by atoms with Crippen molar-refractivity contribution in [2.24, 2.45) is 0 Å². The first-order chi connectivity index (χ1) is 13.6. The number of benzene rings is 2. The van der Waals surface area contributed by atoms with Gasteiger partial charge in [0, 0.05) is 49.9 Å². The minimum atomic E-state index is 0.0115. The molecule has 2 aliphatic heterocycles. The monoisotopic (exact) mass is 399 g/mol. The van der Waals surface area contributed by atoms with Crippen molar-refractivity contribution in [2.75, 3.05) is 44.6 Å². The summed E-state index contributed by atoms with van der Waals surface area (Å²) in [7, 11) is 0. The fourth-order valence-corrected chi connectivity index (χ4v) is 4.01. The third-order valence-corrected chi connectivity index (χ3v) is 5.94. The van der Waals surface area contributed by atoms with Crippen LogP contribution in [0.2, 0.25) is 5.02 Å². The number of anilines is 1. The smallest absolute Gasteiger partial charge is 0.238 e. The molecule has 28 heavy (non-hydrogen) atoms. The normalized spacial score (nSPS) is 17.2. The van der Waals surface area contributed by atoms with Crippen LogP contribution in [0.15, 0.2) is 36.4 Å². The van der Waals surface area contributed by atoms with E-state index in [0.29, 0.717) is 11.6 Å². The van der Waals surface area contributed by atoms with Crippen LogP contribution in [0.1, 0.15) is 16.7 Å². The standard InChI is InChI=1S/C22H26ClN3O2/c1-16-19(23)3-2-4-20(16)24-22(27)15-26-10-8-25(9-11-26)14-17-5-6-21-18(13-17)7-12-28-21/h2-6,13H,7-12,14-15H2,1H3,(H,24,27). The minimum Gasteiger partial charge on any atom is -0.493 e. The number of nitrogens with one attached hydrogen (secondary N) is 1. The molecule has 2 aromatic rings. The quantitative estimate of drug-likeness (QED) is 0.837. The minimum absolute atomic E-state index is 0.0115. The van der Waals surface area contributed by atoms with Gasteiger partial charge >= 0.3 is 0 Å². The fourth-order valence-electron chi connectivity index (χ4n) is 3.84. The van der Waals surface area contributed by atoms with Crippen LogP contribution in [-0.4, -0.2) is 55.0 Å². The number of fused-ring (bicyclic) bond motifs is 1. The highest BCUT2D eigenvalue weighted by Gasteiger charge is 2.20. The third-order valence-electron chi connectivity index (χ3n) is 5.53. The number of carbonyl (C=O) groups is 1. The number of ether oxygens (including phenoxy) is 1. The molecule has 2 aliphatic rings. The van der Waals surface area contributed by atoms with Gasteiger partial charge in [0.2, 0.25) is 5.91 Å². The number of hydrogen-bond donors (Lipinski definition) is 1. The molecule has 1 amide bonds. The number of carbonyl (C=O) groups excluding carboxylic acids is 1. The van der Waals surface area contributed by atoms with E-state index in [1.807, 2.05) is 25.1 Å². The first-order valence-electron chi connectivity index (χ1n) is 9.83. The molecule has 2 aromatic carbocycles. The van der Waals surface area contributed by atoms with Crippen LogP contribution in [0.25, 0.3) is 0 Å². The molecule has 0 atom stereocenters. The molecule has 6 heteroatoms. The summed E-state index contributed by atoms with van der Waals surface area (Å²) in [6.45, 7) is 7.82. The average Bonchev–Trinajstić information content (AvgIpc) is 3.15. The summed E-state index contributed by atoms with van der Waals surface area (Å²) in [5.74, 6) is 1.05. The van der Waals surface area contributed by atoms with Gasteiger partial charge in [-0.3, -0.25) is 14.6 Å². The van der Waals surface area contributed by atoms with E-state index in [0.717, 1.165) is 62.8 Å². The van der Waals surface area contributed by atoms with E-state index in [9.17, 15) is 4.79 Å². The lowest BCUT2D eigenvalue weighted by Crippen LogP contribution is -2.48. The van der Waals surface area contributed by atoms with Gasteiger partial charge in [-0.1, -0.05) is 29.8 Å². The molecule has 4 rings (SSSR count). The Hall–Kier alpha value is -2.08. The highest BCUT2D eigenvalue weighted by molar-refractivity contribution is 6.31. The SMILES string of the molecule is Cc1c(Cl)cccc1NC(=O)CN1CCN(Cc2ccc3c(c2)CCO3)CC1. The van der Waals surface area contributed by atoms with Crippen LogP contribution in [0.3, 0.4) is 0 Å². The van der Waals surface area contributed by atoms with Gasteiger partial charge in [0.25, 0.3) is 0 Å². The second-order valence-corrected chi connectivity index (χ2v) is 7.96. The second kappa shape index (κ2) is 8.52. The van der Waals surface area contributed by atoms with E-state index in [4.69, 9.17) is 16.3 Å². The first kappa shape index (κ1) is 19.2. The van der Waals surface area contributed by atoms with Gasteiger partial charge in [0.1, 0.15) is 5.75 Å². The lowest BCUT2D eigenvalue weighted by molar-refractivity contribution is -0.117. The van der Waals surface area contributed by atoms with E-state index in [1.165, 1.54) is 11.1 Å². The van der Waals surface area contributed by atoms with Crippen molar-refractivity contribution in [3.8, 4) is 5.75 Å². The highest BCUT2D eigenvalue weighted by Crippen LogP contribution is 2.26. The molecule has 2 heterocycles. The van der Waals surface area contributed by atoms with Crippen LogP contribution in [0.4, 0.5) is 5.69 Å². The van der Waals surface area contributed by atoms with Gasteiger partial charge in [0.15, 0.2) is 0 Å². The van der Waals surface area contributed by atoms with Gasteiger partial charge in [-0.15, -0.1) is 0 Å². The molecule has 1 saturated heterocycles. The Kier molecular flexibility index (Phi) is 5.85. The van der Waals surface area contributed by atoms with E-state index in [1.54, 1.807) is 0 Å². The van der Waals surface area contributed by atoms with Gasteiger partial charge in [-0.2, -0.15) is 0 Å². The van der Waals surface area contributed by atoms with E-state index in [2.05, 4.69) is 33.3 Å². The Balaban J connectivity index is 1.25. The average molecular weight is 400 g/mol. The van der Waals surface area contributed by atoms with Crippen molar-refractivity contribution in [3.63, 3.8) is 0 Å². The molecule has 0 bridgehead atoms. The topological polar surface area (TPSA) is 44.8 Å².